The maximum Gasteiger partial charge on any atom is 0.0584 e. The van der Waals surface area contributed by atoms with Gasteiger partial charge >= 0.3 is 0 Å². The number of likely N-dealkylation sites (tertiary alicyclic amines) is 1. The Balaban J connectivity index is 2.29. The standard InChI is InChI=1S/C9H19NO/c1-3-9-4-5-10(6-9)8(2)7-11/h8-9,11H,3-7H2,1-2H3. The molecule has 2 atom stereocenters. The molecule has 1 aliphatic rings. The minimum atomic E-state index is 0.302. The van der Waals surface area contributed by atoms with Gasteiger partial charge in [-0.15, -0.1) is 0 Å². The van der Waals surface area contributed by atoms with Crippen LogP contribution < -0.4 is 0 Å². The second kappa shape index (κ2) is 4.07. The first-order valence-corrected chi connectivity index (χ1v) is 4.62. The van der Waals surface area contributed by atoms with Crippen LogP contribution in [-0.2, 0) is 0 Å². The normalized spacial score (nSPS) is 29.2. The highest BCUT2D eigenvalue weighted by Crippen LogP contribution is 2.20. The zero-order valence-corrected chi connectivity index (χ0v) is 7.58. The molecule has 11 heavy (non-hydrogen) atoms. The van der Waals surface area contributed by atoms with E-state index in [1.165, 1.54) is 25.9 Å². The molecule has 0 bridgehead atoms. The summed E-state index contributed by atoms with van der Waals surface area (Å²) in [7, 11) is 0. The Bertz CT molecular complexity index is 116. The molecule has 1 rings (SSSR count). The van der Waals surface area contributed by atoms with Gasteiger partial charge in [-0.1, -0.05) is 13.3 Å². The summed E-state index contributed by atoms with van der Waals surface area (Å²) in [5.41, 5.74) is 0. The fourth-order valence-corrected chi connectivity index (χ4v) is 1.71. The highest BCUT2D eigenvalue weighted by molar-refractivity contribution is 4.78. The van der Waals surface area contributed by atoms with Crippen LogP contribution in [0.1, 0.15) is 26.7 Å². The Morgan fingerprint density at radius 3 is 2.82 bits per heavy atom. The van der Waals surface area contributed by atoms with Crippen LogP contribution in [0.15, 0.2) is 0 Å². The molecule has 0 spiro atoms. The van der Waals surface area contributed by atoms with Crippen molar-refractivity contribution in [3.63, 3.8) is 0 Å². The van der Waals surface area contributed by atoms with E-state index >= 15 is 0 Å². The molecule has 0 aromatic carbocycles. The average Bonchev–Trinajstić information content (AvgIpc) is 2.50. The lowest BCUT2D eigenvalue weighted by molar-refractivity contribution is 0.154. The van der Waals surface area contributed by atoms with Crippen molar-refractivity contribution in [1.82, 2.24) is 4.90 Å². The van der Waals surface area contributed by atoms with Crippen LogP contribution in [0, 0.1) is 5.92 Å². The zero-order chi connectivity index (χ0) is 8.27. The SMILES string of the molecule is CCC1CCN(C(C)CO)C1. The van der Waals surface area contributed by atoms with E-state index in [2.05, 4.69) is 18.7 Å². The van der Waals surface area contributed by atoms with Gasteiger partial charge in [0.05, 0.1) is 6.61 Å². The summed E-state index contributed by atoms with van der Waals surface area (Å²) in [6, 6.07) is 0.367. The molecule has 0 saturated carbocycles. The molecular formula is C9H19NO. The summed E-state index contributed by atoms with van der Waals surface area (Å²) in [4.78, 5) is 2.38. The molecule has 1 heterocycles. The zero-order valence-electron chi connectivity index (χ0n) is 7.58. The number of nitrogens with zero attached hydrogens (tertiary/aromatic N) is 1. The molecule has 2 nitrogen and oxygen atoms in total. The van der Waals surface area contributed by atoms with Gasteiger partial charge in [0.2, 0.25) is 0 Å². The second-order valence-corrected chi connectivity index (χ2v) is 3.59. The smallest absolute Gasteiger partial charge is 0.0584 e. The van der Waals surface area contributed by atoms with Gasteiger partial charge < -0.3 is 5.11 Å². The summed E-state index contributed by atoms with van der Waals surface area (Å²) < 4.78 is 0. The van der Waals surface area contributed by atoms with Crippen molar-refractivity contribution in [2.24, 2.45) is 5.92 Å². The van der Waals surface area contributed by atoms with Crippen LogP contribution in [0.25, 0.3) is 0 Å². The van der Waals surface area contributed by atoms with Crippen molar-refractivity contribution in [3.8, 4) is 0 Å². The van der Waals surface area contributed by atoms with Crippen molar-refractivity contribution in [2.45, 2.75) is 32.7 Å². The summed E-state index contributed by atoms with van der Waals surface area (Å²) in [6.07, 6.45) is 2.61. The molecule has 1 fully saturated rings. The van der Waals surface area contributed by atoms with Crippen LogP contribution in [0.2, 0.25) is 0 Å². The minimum absolute atomic E-state index is 0.302. The van der Waals surface area contributed by atoms with Crippen molar-refractivity contribution in [2.75, 3.05) is 19.7 Å². The topological polar surface area (TPSA) is 23.5 Å². The van der Waals surface area contributed by atoms with Crippen molar-refractivity contribution in [1.29, 1.82) is 0 Å². The number of rotatable bonds is 3. The van der Waals surface area contributed by atoms with Crippen molar-refractivity contribution >= 4 is 0 Å². The Labute approximate surface area is 69.2 Å². The molecule has 1 saturated heterocycles. The molecule has 2 heteroatoms. The fourth-order valence-electron chi connectivity index (χ4n) is 1.71. The van der Waals surface area contributed by atoms with E-state index in [1.807, 2.05) is 0 Å². The molecule has 2 unspecified atom stereocenters. The van der Waals surface area contributed by atoms with Gasteiger partial charge in [-0.2, -0.15) is 0 Å². The first-order chi connectivity index (χ1) is 5.27. The molecule has 1 N–H and O–H groups in total. The predicted octanol–water partition coefficient (Wildman–Crippen LogP) is 1.10. The van der Waals surface area contributed by atoms with Crippen LogP contribution in [0.4, 0.5) is 0 Å². The van der Waals surface area contributed by atoms with Gasteiger partial charge in [-0.3, -0.25) is 4.90 Å². The van der Waals surface area contributed by atoms with E-state index in [-0.39, 0.29) is 0 Å². The van der Waals surface area contributed by atoms with Gasteiger partial charge in [0.1, 0.15) is 0 Å². The third-order valence-electron chi connectivity index (χ3n) is 2.78. The van der Waals surface area contributed by atoms with Crippen molar-refractivity contribution in [3.05, 3.63) is 0 Å². The van der Waals surface area contributed by atoms with Crippen LogP contribution in [0.5, 0.6) is 0 Å². The monoisotopic (exact) mass is 157 g/mol. The first kappa shape index (κ1) is 9.01. The summed E-state index contributed by atoms with van der Waals surface area (Å²) in [5, 5.41) is 8.91. The predicted molar refractivity (Wildman–Crippen MR) is 46.5 cm³/mol. The van der Waals surface area contributed by atoms with Crippen LogP contribution in [-0.4, -0.2) is 35.7 Å². The number of aliphatic hydroxyl groups excluding tert-OH is 1. The van der Waals surface area contributed by atoms with E-state index < -0.39 is 0 Å². The third-order valence-corrected chi connectivity index (χ3v) is 2.78. The molecular weight excluding hydrogens is 138 g/mol. The lowest BCUT2D eigenvalue weighted by Gasteiger charge is -2.21. The van der Waals surface area contributed by atoms with Gasteiger partial charge in [-0.25, -0.2) is 0 Å². The summed E-state index contributed by atoms with van der Waals surface area (Å²) in [6.45, 7) is 7.02. The van der Waals surface area contributed by atoms with E-state index in [1.54, 1.807) is 0 Å². The minimum Gasteiger partial charge on any atom is -0.395 e. The quantitative estimate of drug-likeness (QED) is 0.663. The summed E-state index contributed by atoms with van der Waals surface area (Å²) >= 11 is 0. The molecule has 0 aromatic heterocycles. The maximum atomic E-state index is 8.91. The average molecular weight is 157 g/mol. The molecule has 0 amide bonds. The molecule has 1 aliphatic heterocycles. The van der Waals surface area contributed by atoms with Gasteiger partial charge in [0.25, 0.3) is 0 Å². The van der Waals surface area contributed by atoms with Crippen LogP contribution >= 0.6 is 0 Å². The van der Waals surface area contributed by atoms with Gasteiger partial charge in [-0.05, 0) is 25.8 Å². The third kappa shape index (κ3) is 2.17. The molecule has 66 valence electrons. The number of hydrogen-bond donors (Lipinski definition) is 1. The Morgan fingerprint density at radius 1 is 1.64 bits per heavy atom. The Kier molecular flexibility index (Phi) is 3.34. The van der Waals surface area contributed by atoms with Crippen LogP contribution in [0.3, 0.4) is 0 Å². The van der Waals surface area contributed by atoms with E-state index in [0.717, 1.165) is 5.92 Å². The highest BCUT2D eigenvalue weighted by atomic mass is 16.3. The lowest BCUT2D eigenvalue weighted by Crippen LogP contribution is -2.33. The maximum absolute atomic E-state index is 8.91. The molecule has 0 radical (unpaired) electrons. The lowest BCUT2D eigenvalue weighted by atomic mass is 10.1. The van der Waals surface area contributed by atoms with Crippen molar-refractivity contribution < 1.29 is 5.11 Å². The van der Waals surface area contributed by atoms with E-state index in [0.29, 0.717) is 12.6 Å². The molecule has 0 aliphatic carbocycles. The second-order valence-electron chi connectivity index (χ2n) is 3.59. The summed E-state index contributed by atoms with van der Waals surface area (Å²) in [5.74, 6) is 0.879. The molecule has 0 aromatic rings. The Hall–Kier alpha value is -0.0800. The van der Waals surface area contributed by atoms with E-state index in [9.17, 15) is 0 Å². The highest BCUT2D eigenvalue weighted by Gasteiger charge is 2.23. The van der Waals surface area contributed by atoms with Gasteiger partial charge in [0.15, 0.2) is 0 Å². The van der Waals surface area contributed by atoms with Gasteiger partial charge in [0, 0.05) is 12.6 Å². The largest absolute Gasteiger partial charge is 0.395 e. The first-order valence-electron chi connectivity index (χ1n) is 4.62. The number of aliphatic hydroxyl groups is 1. The fraction of sp³-hybridized carbons (Fsp3) is 1.00. The number of hydrogen-bond acceptors (Lipinski definition) is 2. The Morgan fingerprint density at radius 2 is 2.36 bits per heavy atom. The van der Waals surface area contributed by atoms with E-state index in [4.69, 9.17) is 5.11 Å².